The van der Waals surface area contributed by atoms with Crippen molar-refractivity contribution in [1.29, 1.82) is 0 Å². The first-order chi connectivity index (χ1) is 45.0. The van der Waals surface area contributed by atoms with Gasteiger partial charge in [0.2, 0.25) is 0 Å². The van der Waals surface area contributed by atoms with Crippen LogP contribution >= 0.6 is 7.82 Å². The molecule has 2 atom stereocenters. The van der Waals surface area contributed by atoms with E-state index in [-0.39, 0.29) is 32.0 Å². The number of hydrogen-bond donors (Lipinski definition) is 0. The Balaban J connectivity index is 3.98. The van der Waals surface area contributed by atoms with Crippen LogP contribution in [0.1, 0.15) is 348 Å². The van der Waals surface area contributed by atoms with Crippen LogP contribution in [0.2, 0.25) is 0 Å². The number of esters is 2. The molecule has 0 aromatic rings. The summed E-state index contributed by atoms with van der Waals surface area (Å²) >= 11 is 0. The molecule has 0 aliphatic rings. The van der Waals surface area contributed by atoms with Crippen molar-refractivity contribution in [2.75, 3.05) is 47.5 Å². The van der Waals surface area contributed by atoms with Crippen molar-refractivity contribution in [2.24, 2.45) is 0 Å². The Morgan fingerprint density at radius 2 is 0.620 bits per heavy atom. The summed E-state index contributed by atoms with van der Waals surface area (Å²) < 4.78 is 34.4. The van der Waals surface area contributed by atoms with Crippen molar-refractivity contribution in [3.05, 3.63) is 109 Å². The third-order valence-electron chi connectivity index (χ3n) is 16.8. The molecule has 0 saturated carbocycles. The van der Waals surface area contributed by atoms with Gasteiger partial charge in [-0.2, -0.15) is 0 Å². The van der Waals surface area contributed by atoms with Crippen LogP contribution in [0.4, 0.5) is 0 Å². The molecule has 0 heterocycles. The maximum Gasteiger partial charge on any atom is 0.306 e. The number of carbonyl (C=O) groups is 2. The highest BCUT2D eigenvalue weighted by atomic mass is 31.2. The van der Waals surface area contributed by atoms with E-state index in [1.54, 1.807) is 0 Å². The molecule has 10 heteroatoms. The van der Waals surface area contributed by atoms with Crippen molar-refractivity contribution >= 4 is 19.8 Å². The number of allylic oxidation sites excluding steroid dienone is 18. The van der Waals surface area contributed by atoms with Crippen LogP contribution < -0.4 is 4.89 Å². The quantitative estimate of drug-likeness (QED) is 0.0195. The fourth-order valence-corrected chi connectivity index (χ4v) is 11.6. The molecule has 9 nitrogen and oxygen atoms in total. The number of phosphoric ester groups is 1. The zero-order valence-corrected chi connectivity index (χ0v) is 61.6. The molecule has 0 saturated heterocycles. The largest absolute Gasteiger partial charge is 0.756 e. The van der Waals surface area contributed by atoms with E-state index < -0.39 is 26.5 Å². The van der Waals surface area contributed by atoms with E-state index in [0.717, 1.165) is 89.9 Å². The summed E-state index contributed by atoms with van der Waals surface area (Å²) in [4.78, 5) is 38.2. The lowest BCUT2D eigenvalue weighted by Crippen LogP contribution is -2.37. The first kappa shape index (κ1) is 88.7. The van der Waals surface area contributed by atoms with Gasteiger partial charge < -0.3 is 27.9 Å². The molecule has 0 amide bonds. The van der Waals surface area contributed by atoms with Crippen LogP contribution in [0.3, 0.4) is 0 Å². The summed E-state index contributed by atoms with van der Waals surface area (Å²) in [6.45, 7) is 4.16. The van der Waals surface area contributed by atoms with Gasteiger partial charge in [0.25, 0.3) is 7.82 Å². The summed E-state index contributed by atoms with van der Waals surface area (Å²) in [6, 6.07) is 0. The number of phosphoric acid groups is 1. The van der Waals surface area contributed by atoms with Crippen LogP contribution in [0, 0.1) is 0 Å². The summed E-state index contributed by atoms with van der Waals surface area (Å²) in [6.07, 6.45) is 102. The van der Waals surface area contributed by atoms with Gasteiger partial charge in [0.05, 0.1) is 27.7 Å². The smallest absolute Gasteiger partial charge is 0.306 e. The molecule has 0 aliphatic carbocycles. The second-order valence-electron chi connectivity index (χ2n) is 27.0. The standard InChI is InChI=1S/C82H146NO8P/c1-6-8-10-12-14-16-18-20-22-24-26-28-30-32-34-36-37-38-39-40-41-42-43-44-45-47-49-51-53-55-57-59-61-63-65-67-69-71-73-75-82(85)91-80(79-90-92(86,87)89-77-76-83(3,4)5)78-88-81(84)74-72-70-68-66-64-62-60-58-56-54-52-50-48-46-35-33-31-29-27-25-23-21-19-17-15-13-11-9-7-2/h8,10,14,16,19-22,25-28,32,34,37-38,40-41,80H,6-7,9,11-13,15,17-18,23-24,29-31,33,35-36,39,42-79H2,1-5H3/b10-8-,16-14-,21-19-,22-20-,27-25-,28-26-,34-32-,38-37-,41-40-. The zero-order valence-electron chi connectivity index (χ0n) is 60.7. The van der Waals surface area contributed by atoms with Gasteiger partial charge in [0, 0.05) is 12.8 Å². The highest BCUT2D eigenvalue weighted by Gasteiger charge is 2.22. The number of carbonyl (C=O) groups excluding carboxylic acids is 2. The van der Waals surface area contributed by atoms with E-state index in [0.29, 0.717) is 17.4 Å². The highest BCUT2D eigenvalue weighted by molar-refractivity contribution is 7.45. The minimum atomic E-state index is -4.65. The zero-order chi connectivity index (χ0) is 66.9. The lowest BCUT2D eigenvalue weighted by molar-refractivity contribution is -0.870. The molecule has 0 spiro atoms. The van der Waals surface area contributed by atoms with Crippen LogP contribution in [-0.2, 0) is 32.7 Å². The van der Waals surface area contributed by atoms with Gasteiger partial charge in [-0.05, 0) is 103 Å². The summed E-state index contributed by atoms with van der Waals surface area (Å²) in [7, 11) is 1.17. The molecular weight excluding hydrogens is 1160 g/mol. The van der Waals surface area contributed by atoms with Crippen molar-refractivity contribution in [3.63, 3.8) is 0 Å². The molecule has 0 fully saturated rings. The number of rotatable bonds is 71. The monoisotopic (exact) mass is 1300 g/mol. The fourth-order valence-electron chi connectivity index (χ4n) is 10.9. The Morgan fingerprint density at radius 1 is 0.348 bits per heavy atom. The Bertz CT molecular complexity index is 1920. The van der Waals surface area contributed by atoms with Crippen LogP contribution in [0.5, 0.6) is 0 Å². The predicted molar refractivity (Wildman–Crippen MR) is 397 cm³/mol. The van der Waals surface area contributed by atoms with E-state index in [2.05, 4.69) is 123 Å². The highest BCUT2D eigenvalue weighted by Crippen LogP contribution is 2.38. The third-order valence-corrected chi connectivity index (χ3v) is 17.7. The Hall–Kier alpha value is -3.33. The van der Waals surface area contributed by atoms with Gasteiger partial charge >= 0.3 is 11.9 Å². The Kier molecular flexibility index (Phi) is 69.3. The lowest BCUT2D eigenvalue weighted by Gasteiger charge is -2.28. The van der Waals surface area contributed by atoms with Gasteiger partial charge in [0.1, 0.15) is 19.8 Å². The minimum Gasteiger partial charge on any atom is -0.756 e. The average Bonchev–Trinajstić information content (AvgIpc) is 2.14. The second-order valence-corrected chi connectivity index (χ2v) is 28.4. The van der Waals surface area contributed by atoms with Crippen molar-refractivity contribution in [1.82, 2.24) is 0 Å². The third kappa shape index (κ3) is 75.7. The van der Waals surface area contributed by atoms with Crippen molar-refractivity contribution in [2.45, 2.75) is 354 Å². The first-order valence-electron chi connectivity index (χ1n) is 38.6. The van der Waals surface area contributed by atoms with Crippen molar-refractivity contribution in [3.8, 4) is 0 Å². The van der Waals surface area contributed by atoms with E-state index >= 15 is 0 Å². The molecule has 532 valence electrons. The average molecular weight is 1310 g/mol. The summed E-state index contributed by atoms with van der Waals surface area (Å²) in [5, 5.41) is 0. The minimum absolute atomic E-state index is 0.0321. The maximum absolute atomic E-state index is 12.9. The molecular formula is C82H146NO8P. The predicted octanol–water partition coefficient (Wildman–Crippen LogP) is 25.0. The van der Waals surface area contributed by atoms with Gasteiger partial charge in [0.15, 0.2) is 6.10 Å². The van der Waals surface area contributed by atoms with Gasteiger partial charge in [-0.25, -0.2) is 0 Å². The molecule has 2 unspecified atom stereocenters. The van der Waals surface area contributed by atoms with Gasteiger partial charge in [-0.1, -0.05) is 342 Å². The topological polar surface area (TPSA) is 111 Å². The number of quaternary nitrogens is 1. The Morgan fingerprint density at radius 3 is 0.924 bits per heavy atom. The van der Waals surface area contributed by atoms with Crippen LogP contribution in [-0.4, -0.2) is 70.0 Å². The molecule has 0 radical (unpaired) electrons. The van der Waals surface area contributed by atoms with Crippen molar-refractivity contribution < 1.29 is 42.1 Å². The molecule has 0 N–H and O–H groups in total. The number of ether oxygens (including phenoxy) is 2. The van der Waals surface area contributed by atoms with E-state index in [4.69, 9.17) is 18.5 Å². The molecule has 0 aromatic heterocycles. The van der Waals surface area contributed by atoms with E-state index in [9.17, 15) is 19.0 Å². The number of unbranched alkanes of at least 4 members (excludes halogenated alkanes) is 39. The Labute approximate surface area is 569 Å². The number of likely N-dealkylation sites (N-methyl/N-ethyl adjacent to an activating group) is 1. The number of nitrogens with zero attached hydrogens (tertiary/aromatic N) is 1. The maximum atomic E-state index is 12.9. The van der Waals surface area contributed by atoms with E-state index in [1.165, 1.54) is 225 Å². The lowest BCUT2D eigenvalue weighted by atomic mass is 10.0. The second kappa shape index (κ2) is 72.0. The first-order valence-corrected chi connectivity index (χ1v) is 40.1. The molecule has 0 aliphatic heterocycles. The fraction of sp³-hybridized carbons (Fsp3) is 0.756. The van der Waals surface area contributed by atoms with Gasteiger partial charge in [-0.15, -0.1) is 0 Å². The van der Waals surface area contributed by atoms with Crippen LogP contribution in [0.25, 0.3) is 0 Å². The molecule has 0 bridgehead atoms. The number of hydrogen-bond acceptors (Lipinski definition) is 8. The molecule has 92 heavy (non-hydrogen) atoms. The summed E-state index contributed by atoms with van der Waals surface area (Å²) in [5.74, 6) is -0.821. The molecule has 0 rings (SSSR count). The van der Waals surface area contributed by atoms with Gasteiger partial charge in [-0.3, -0.25) is 14.2 Å². The normalized spacial score (nSPS) is 13.7. The van der Waals surface area contributed by atoms with E-state index in [1.807, 2.05) is 21.1 Å². The molecule has 0 aromatic carbocycles. The van der Waals surface area contributed by atoms with Crippen LogP contribution in [0.15, 0.2) is 109 Å². The SMILES string of the molecule is CC/C=C\C/C=C\C/C=C\C/C=C\C/C=C\C/C=C\C/C=C\CCCCCCCCCCCCCCCCCCCC(=O)OC(COC(=O)CCCCCCCCCCCCCCCCCCC/C=C\C/C=C\CCCCCCC)COP(=O)([O-])OCC[N+](C)(C)C. The summed E-state index contributed by atoms with van der Waals surface area (Å²) in [5.41, 5.74) is 0.